The lowest BCUT2D eigenvalue weighted by molar-refractivity contribution is 0.0546. The van der Waals surface area contributed by atoms with E-state index in [-0.39, 0.29) is 12.0 Å². The second-order valence-corrected chi connectivity index (χ2v) is 5.70. The molecule has 6 heteroatoms. The summed E-state index contributed by atoms with van der Waals surface area (Å²) in [7, 11) is 0. The fraction of sp³-hybridized carbons (Fsp3) is 0.375. The Hall–Kier alpha value is -2.34. The predicted octanol–water partition coefficient (Wildman–Crippen LogP) is 1.11. The minimum absolute atomic E-state index is 0.0220. The van der Waals surface area contributed by atoms with Crippen LogP contribution in [0.2, 0.25) is 0 Å². The molecule has 0 atom stereocenters. The minimum Gasteiger partial charge on any atom is -0.396 e. The quantitative estimate of drug-likeness (QED) is 0.889. The number of nitrogen functional groups attached to an aromatic ring is 1. The summed E-state index contributed by atoms with van der Waals surface area (Å²) in [4.78, 5) is 14.3. The van der Waals surface area contributed by atoms with Gasteiger partial charge in [-0.1, -0.05) is 12.1 Å². The van der Waals surface area contributed by atoms with E-state index in [4.69, 9.17) is 5.73 Å². The van der Waals surface area contributed by atoms with Crippen LogP contribution in [-0.2, 0) is 6.54 Å². The molecule has 1 saturated heterocycles. The van der Waals surface area contributed by atoms with Crippen LogP contribution in [0.4, 0.5) is 5.69 Å². The Morgan fingerprint density at radius 1 is 1.36 bits per heavy atom. The Balaban J connectivity index is 1.71. The highest BCUT2D eigenvalue weighted by Gasteiger charge is 2.22. The number of piperidine rings is 1. The van der Waals surface area contributed by atoms with E-state index >= 15 is 0 Å². The van der Waals surface area contributed by atoms with Crippen molar-refractivity contribution in [2.24, 2.45) is 0 Å². The maximum atomic E-state index is 12.5. The Bertz CT molecular complexity index is 660. The van der Waals surface area contributed by atoms with Gasteiger partial charge in [0.15, 0.2) is 0 Å². The molecule has 0 saturated carbocycles. The second kappa shape index (κ2) is 6.19. The Morgan fingerprint density at radius 2 is 2.14 bits per heavy atom. The molecule has 0 aliphatic carbocycles. The molecule has 3 rings (SSSR count). The summed E-state index contributed by atoms with van der Waals surface area (Å²) >= 11 is 0. The first kappa shape index (κ1) is 14.6. The van der Waals surface area contributed by atoms with E-state index in [2.05, 4.69) is 5.10 Å². The van der Waals surface area contributed by atoms with Crippen LogP contribution < -0.4 is 5.73 Å². The molecule has 22 heavy (non-hydrogen) atoms. The Morgan fingerprint density at radius 3 is 2.82 bits per heavy atom. The van der Waals surface area contributed by atoms with Gasteiger partial charge in [0.25, 0.3) is 5.91 Å². The highest BCUT2D eigenvalue weighted by atomic mass is 16.3. The lowest BCUT2D eigenvalue weighted by Crippen LogP contribution is -2.40. The van der Waals surface area contributed by atoms with Gasteiger partial charge in [0.05, 0.1) is 24.5 Å². The molecule has 1 amide bonds. The van der Waals surface area contributed by atoms with Crippen LogP contribution in [0, 0.1) is 0 Å². The molecule has 1 aliphatic rings. The first-order valence-electron chi connectivity index (χ1n) is 7.46. The van der Waals surface area contributed by atoms with Crippen LogP contribution >= 0.6 is 0 Å². The average Bonchev–Trinajstić information content (AvgIpc) is 2.93. The molecule has 2 aromatic rings. The number of carbonyl (C=O) groups excluding carboxylic acids is 1. The topological polar surface area (TPSA) is 84.4 Å². The van der Waals surface area contributed by atoms with E-state index < -0.39 is 0 Å². The van der Waals surface area contributed by atoms with E-state index in [0.717, 1.165) is 5.56 Å². The number of carbonyl (C=O) groups is 1. The van der Waals surface area contributed by atoms with E-state index in [1.165, 1.54) is 0 Å². The number of anilines is 1. The Kier molecular flexibility index (Phi) is 4.11. The molecule has 0 radical (unpaired) electrons. The third kappa shape index (κ3) is 3.28. The highest BCUT2D eigenvalue weighted by molar-refractivity contribution is 5.94. The number of amides is 1. The summed E-state index contributed by atoms with van der Waals surface area (Å²) in [6.45, 7) is 1.80. The molecule has 6 nitrogen and oxygen atoms in total. The maximum absolute atomic E-state index is 12.5. The first-order chi connectivity index (χ1) is 10.6. The molecule has 116 valence electrons. The van der Waals surface area contributed by atoms with Gasteiger partial charge in [-0.3, -0.25) is 9.48 Å². The lowest BCUT2D eigenvalue weighted by atomic mass is 10.1. The van der Waals surface area contributed by atoms with Gasteiger partial charge in [-0.05, 0) is 30.5 Å². The molecule has 1 fully saturated rings. The van der Waals surface area contributed by atoms with E-state index in [1.807, 2.05) is 24.3 Å². The van der Waals surface area contributed by atoms with Gasteiger partial charge in [0.2, 0.25) is 0 Å². The summed E-state index contributed by atoms with van der Waals surface area (Å²) in [5, 5.41) is 13.7. The normalized spacial score (nSPS) is 16.0. The number of hydrogen-bond acceptors (Lipinski definition) is 4. The van der Waals surface area contributed by atoms with Crippen LogP contribution in [0.5, 0.6) is 0 Å². The van der Waals surface area contributed by atoms with Gasteiger partial charge in [-0.15, -0.1) is 0 Å². The molecular weight excluding hydrogens is 280 g/mol. The van der Waals surface area contributed by atoms with Crippen molar-refractivity contribution in [3.8, 4) is 0 Å². The zero-order chi connectivity index (χ0) is 15.5. The summed E-state index contributed by atoms with van der Waals surface area (Å²) in [6, 6.07) is 7.57. The number of aliphatic hydroxyl groups is 1. The van der Waals surface area contributed by atoms with Gasteiger partial charge < -0.3 is 15.7 Å². The van der Waals surface area contributed by atoms with Gasteiger partial charge in [0, 0.05) is 24.8 Å². The third-order valence-corrected chi connectivity index (χ3v) is 3.92. The number of aliphatic hydroxyl groups excluding tert-OH is 1. The van der Waals surface area contributed by atoms with Gasteiger partial charge in [0.1, 0.15) is 0 Å². The fourth-order valence-corrected chi connectivity index (χ4v) is 2.71. The maximum Gasteiger partial charge on any atom is 0.253 e. The summed E-state index contributed by atoms with van der Waals surface area (Å²) < 4.78 is 1.75. The zero-order valence-electron chi connectivity index (χ0n) is 12.4. The van der Waals surface area contributed by atoms with E-state index in [9.17, 15) is 9.90 Å². The summed E-state index contributed by atoms with van der Waals surface area (Å²) in [5.41, 5.74) is 7.96. The molecule has 2 heterocycles. The van der Waals surface area contributed by atoms with E-state index in [1.54, 1.807) is 22.0 Å². The van der Waals surface area contributed by atoms with E-state index in [0.29, 0.717) is 43.7 Å². The second-order valence-electron chi connectivity index (χ2n) is 5.70. The SMILES string of the molecule is Nc1cnn(Cc2cccc(C(=O)N3CCC(O)CC3)c2)c1. The molecule has 3 N–H and O–H groups in total. The molecule has 1 aromatic carbocycles. The van der Waals surface area contributed by atoms with Crippen LogP contribution in [0.3, 0.4) is 0 Å². The van der Waals surface area contributed by atoms with Crippen molar-refractivity contribution in [2.75, 3.05) is 18.8 Å². The zero-order valence-corrected chi connectivity index (χ0v) is 12.4. The average molecular weight is 300 g/mol. The molecule has 1 aliphatic heterocycles. The number of aromatic nitrogens is 2. The largest absolute Gasteiger partial charge is 0.396 e. The first-order valence-corrected chi connectivity index (χ1v) is 7.46. The number of nitrogens with two attached hydrogens (primary N) is 1. The molecule has 0 unspecified atom stereocenters. The van der Waals surface area contributed by atoms with Crippen LogP contribution in [-0.4, -0.2) is 44.9 Å². The standard InChI is InChI=1S/C16H20N4O2/c17-14-9-18-20(11-14)10-12-2-1-3-13(8-12)16(22)19-6-4-15(21)5-7-19/h1-3,8-9,11,15,21H,4-7,10,17H2. The highest BCUT2D eigenvalue weighted by Crippen LogP contribution is 2.15. The van der Waals surface area contributed by atoms with Crippen LogP contribution in [0.1, 0.15) is 28.8 Å². The molecular formula is C16H20N4O2. The molecule has 0 spiro atoms. The minimum atomic E-state index is -0.277. The Labute approximate surface area is 129 Å². The fourth-order valence-electron chi connectivity index (χ4n) is 2.71. The van der Waals surface area contributed by atoms with Gasteiger partial charge in [-0.2, -0.15) is 5.10 Å². The number of rotatable bonds is 3. The smallest absolute Gasteiger partial charge is 0.253 e. The lowest BCUT2D eigenvalue weighted by Gasteiger charge is -2.29. The van der Waals surface area contributed by atoms with Crippen LogP contribution in [0.25, 0.3) is 0 Å². The number of hydrogen-bond donors (Lipinski definition) is 2. The van der Waals surface area contributed by atoms with Gasteiger partial charge in [-0.25, -0.2) is 0 Å². The third-order valence-electron chi connectivity index (χ3n) is 3.92. The summed E-state index contributed by atoms with van der Waals surface area (Å²) in [6.07, 6.45) is 4.39. The van der Waals surface area contributed by atoms with Gasteiger partial charge >= 0.3 is 0 Å². The number of benzene rings is 1. The summed E-state index contributed by atoms with van der Waals surface area (Å²) in [5.74, 6) is 0.0220. The molecule has 1 aromatic heterocycles. The molecule has 0 bridgehead atoms. The van der Waals surface area contributed by atoms with Crippen molar-refractivity contribution in [3.05, 3.63) is 47.8 Å². The van der Waals surface area contributed by atoms with Crippen molar-refractivity contribution in [2.45, 2.75) is 25.5 Å². The van der Waals surface area contributed by atoms with Crippen molar-refractivity contribution in [1.82, 2.24) is 14.7 Å². The van der Waals surface area contributed by atoms with Crippen molar-refractivity contribution < 1.29 is 9.90 Å². The number of likely N-dealkylation sites (tertiary alicyclic amines) is 1. The predicted molar refractivity (Wildman–Crippen MR) is 83.3 cm³/mol. The van der Waals surface area contributed by atoms with Crippen LogP contribution in [0.15, 0.2) is 36.7 Å². The van der Waals surface area contributed by atoms with Crippen molar-refractivity contribution in [1.29, 1.82) is 0 Å². The monoisotopic (exact) mass is 300 g/mol. The number of nitrogens with zero attached hydrogens (tertiary/aromatic N) is 3. The van der Waals surface area contributed by atoms with Crippen molar-refractivity contribution >= 4 is 11.6 Å². The van der Waals surface area contributed by atoms with Crippen molar-refractivity contribution in [3.63, 3.8) is 0 Å².